The minimum absolute atomic E-state index is 0.202. The smallest absolute Gasteiger partial charge is 0.318 e. The fourth-order valence-electron chi connectivity index (χ4n) is 1.64. The highest BCUT2D eigenvalue weighted by Crippen LogP contribution is 2.17. The molecule has 0 amide bonds. The van der Waals surface area contributed by atoms with Crippen molar-refractivity contribution in [2.75, 3.05) is 19.8 Å². The molecule has 0 aromatic carbocycles. The average molecular weight is 213 g/mol. The minimum atomic E-state index is -0.285. The van der Waals surface area contributed by atoms with Crippen molar-refractivity contribution in [2.45, 2.75) is 33.1 Å². The molecule has 1 aliphatic rings. The first-order valence-electron chi connectivity index (χ1n) is 5.63. The Kier molecular flexibility index (Phi) is 5.15. The van der Waals surface area contributed by atoms with Crippen LogP contribution in [0, 0.1) is 5.92 Å². The SMILES string of the molecule is CCOC(=O)C1CCCCN=C1OCC. The Morgan fingerprint density at radius 3 is 2.87 bits per heavy atom. The predicted octanol–water partition coefficient (Wildman–Crippen LogP) is 1.78. The summed E-state index contributed by atoms with van der Waals surface area (Å²) in [4.78, 5) is 15.9. The maximum absolute atomic E-state index is 11.7. The molecule has 1 unspecified atom stereocenters. The van der Waals surface area contributed by atoms with Gasteiger partial charge in [0.1, 0.15) is 5.92 Å². The van der Waals surface area contributed by atoms with Crippen molar-refractivity contribution in [1.82, 2.24) is 0 Å². The third kappa shape index (κ3) is 3.53. The molecule has 4 nitrogen and oxygen atoms in total. The zero-order valence-corrected chi connectivity index (χ0v) is 9.49. The molecule has 0 saturated heterocycles. The number of rotatable bonds is 3. The lowest BCUT2D eigenvalue weighted by molar-refractivity contribution is -0.146. The summed E-state index contributed by atoms with van der Waals surface area (Å²) in [6, 6.07) is 0. The molecule has 0 aromatic rings. The first kappa shape index (κ1) is 12.0. The van der Waals surface area contributed by atoms with Crippen molar-refractivity contribution in [3.8, 4) is 0 Å². The van der Waals surface area contributed by atoms with Crippen LogP contribution in [0.3, 0.4) is 0 Å². The van der Waals surface area contributed by atoms with E-state index in [9.17, 15) is 4.79 Å². The molecule has 1 aliphatic heterocycles. The first-order chi connectivity index (χ1) is 7.29. The van der Waals surface area contributed by atoms with Gasteiger partial charge in [0.25, 0.3) is 0 Å². The van der Waals surface area contributed by atoms with Gasteiger partial charge in [-0.3, -0.25) is 9.79 Å². The van der Waals surface area contributed by atoms with Crippen molar-refractivity contribution in [2.24, 2.45) is 10.9 Å². The van der Waals surface area contributed by atoms with Crippen LogP contribution in [0.4, 0.5) is 0 Å². The number of carbonyl (C=O) groups is 1. The second kappa shape index (κ2) is 6.43. The maximum Gasteiger partial charge on any atom is 0.318 e. The summed E-state index contributed by atoms with van der Waals surface area (Å²) in [5.74, 6) is 0.0763. The van der Waals surface area contributed by atoms with Gasteiger partial charge in [-0.05, 0) is 26.7 Å². The van der Waals surface area contributed by atoms with Gasteiger partial charge in [0.15, 0.2) is 5.90 Å². The second-order valence-corrected chi connectivity index (χ2v) is 3.45. The van der Waals surface area contributed by atoms with Gasteiger partial charge >= 0.3 is 5.97 Å². The van der Waals surface area contributed by atoms with Gasteiger partial charge in [-0.1, -0.05) is 6.42 Å². The molecule has 1 heterocycles. The standard InChI is InChI=1S/C11H19NO3/c1-3-14-10-9(11(13)15-4-2)7-5-6-8-12-10/h9H,3-8H2,1-2H3. The number of aliphatic imine (C=N–C) groups is 1. The van der Waals surface area contributed by atoms with Crippen LogP contribution >= 0.6 is 0 Å². The fourth-order valence-corrected chi connectivity index (χ4v) is 1.64. The van der Waals surface area contributed by atoms with Crippen LogP contribution < -0.4 is 0 Å². The third-order valence-electron chi connectivity index (χ3n) is 2.33. The minimum Gasteiger partial charge on any atom is -0.481 e. The monoisotopic (exact) mass is 213 g/mol. The van der Waals surface area contributed by atoms with Crippen molar-refractivity contribution in [3.05, 3.63) is 0 Å². The quantitative estimate of drug-likeness (QED) is 0.671. The largest absolute Gasteiger partial charge is 0.481 e. The van der Waals surface area contributed by atoms with Gasteiger partial charge in [0.2, 0.25) is 0 Å². The molecule has 4 heteroatoms. The van der Waals surface area contributed by atoms with E-state index in [1.807, 2.05) is 13.8 Å². The maximum atomic E-state index is 11.7. The van der Waals surface area contributed by atoms with E-state index in [1.54, 1.807) is 0 Å². The normalized spacial score (nSPS) is 21.5. The van der Waals surface area contributed by atoms with Crippen LogP contribution in [-0.2, 0) is 14.3 Å². The van der Waals surface area contributed by atoms with Crippen LogP contribution in [-0.4, -0.2) is 31.6 Å². The summed E-state index contributed by atoms with van der Waals surface area (Å²) in [5.41, 5.74) is 0. The molecule has 15 heavy (non-hydrogen) atoms. The zero-order chi connectivity index (χ0) is 11.1. The Bertz CT molecular complexity index is 238. The Hall–Kier alpha value is -1.06. The van der Waals surface area contributed by atoms with E-state index in [0.29, 0.717) is 19.1 Å². The van der Waals surface area contributed by atoms with E-state index in [-0.39, 0.29) is 11.9 Å². The van der Waals surface area contributed by atoms with Gasteiger partial charge in [-0.15, -0.1) is 0 Å². The van der Waals surface area contributed by atoms with Gasteiger partial charge in [-0.2, -0.15) is 0 Å². The number of ether oxygens (including phenoxy) is 2. The summed E-state index contributed by atoms with van der Waals surface area (Å²) in [6.45, 7) is 5.43. The van der Waals surface area contributed by atoms with Crippen LogP contribution in [0.5, 0.6) is 0 Å². The van der Waals surface area contributed by atoms with E-state index >= 15 is 0 Å². The first-order valence-corrected chi connectivity index (χ1v) is 5.63. The number of carbonyl (C=O) groups excluding carboxylic acids is 1. The highest BCUT2D eigenvalue weighted by atomic mass is 16.5. The molecule has 1 rings (SSSR count). The van der Waals surface area contributed by atoms with Crippen molar-refractivity contribution < 1.29 is 14.3 Å². The van der Waals surface area contributed by atoms with E-state index in [0.717, 1.165) is 25.8 Å². The van der Waals surface area contributed by atoms with Gasteiger partial charge < -0.3 is 9.47 Å². The molecule has 0 bridgehead atoms. The van der Waals surface area contributed by atoms with Gasteiger partial charge in [0, 0.05) is 6.54 Å². The lowest BCUT2D eigenvalue weighted by Crippen LogP contribution is -2.27. The molecular formula is C11H19NO3. The zero-order valence-electron chi connectivity index (χ0n) is 9.49. The Morgan fingerprint density at radius 1 is 1.40 bits per heavy atom. The van der Waals surface area contributed by atoms with E-state index in [4.69, 9.17) is 9.47 Å². The average Bonchev–Trinajstić information content (AvgIpc) is 2.44. The van der Waals surface area contributed by atoms with Crippen LogP contribution in [0.15, 0.2) is 4.99 Å². The summed E-state index contributed by atoms with van der Waals surface area (Å²) in [7, 11) is 0. The molecule has 0 saturated carbocycles. The van der Waals surface area contributed by atoms with Crippen molar-refractivity contribution >= 4 is 11.9 Å². The van der Waals surface area contributed by atoms with Crippen molar-refractivity contribution in [3.63, 3.8) is 0 Å². The van der Waals surface area contributed by atoms with Crippen LogP contribution in [0.1, 0.15) is 33.1 Å². The Balaban J connectivity index is 2.67. The number of hydrogen-bond acceptors (Lipinski definition) is 4. The molecule has 0 radical (unpaired) electrons. The lowest BCUT2D eigenvalue weighted by Gasteiger charge is -2.15. The lowest BCUT2D eigenvalue weighted by atomic mass is 10.0. The summed E-state index contributed by atoms with van der Waals surface area (Å²) in [6.07, 6.45) is 2.81. The number of nitrogens with zero attached hydrogens (tertiary/aromatic N) is 1. The molecule has 86 valence electrons. The fraction of sp³-hybridized carbons (Fsp3) is 0.818. The topological polar surface area (TPSA) is 47.9 Å². The van der Waals surface area contributed by atoms with E-state index < -0.39 is 0 Å². The van der Waals surface area contributed by atoms with Crippen molar-refractivity contribution in [1.29, 1.82) is 0 Å². The third-order valence-corrected chi connectivity index (χ3v) is 2.33. The van der Waals surface area contributed by atoms with Gasteiger partial charge in [-0.25, -0.2) is 0 Å². The summed E-state index contributed by atoms with van der Waals surface area (Å²) >= 11 is 0. The molecule has 0 spiro atoms. The number of hydrogen-bond donors (Lipinski definition) is 0. The highest BCUT2D eigenvalue weighted by molar-refractivity contribution is 5.97. The summed E-state index contributed by atoms with van der Waals surface area (Å²) in [5, 5.41) is 0. The van der Waals surface area contributed by atoms with Gasteiger partial charge in [0.05, 0.1) is 13.2 Å². The number of esters is 1. The van der Waals surface area contributed by atoms with E-state index in [1.165, 1.54) is 0 Å². The molecule has 1 atom stereocenters. The molecule has 0 aliphatic carbocycles. The molecular weight excluding hydrogens is 194 g/mol. The molecule has 0 N–H and O–H groups in total. The highest BCUT2D eigenvalue weighted by Gasteiger charge is 2.28. The second-order valence-electron chi connectivity index (χ2n) is 3.45. The predicted molar refractivity (Wildman–Crippen MR) is 57.9 cm³/mol. The Morgan fingerprint density at radius 2 is 2.20 bits per heavy atom. The summed E-state index contributed by atoms with van der Waals surface area (Å²) < 4.78 is 10.4. The molecule has 0 aromatic heterocycles. The van der Waals surface area contributed by atoms with Crippen LogP contribution in [0.25, 0.3) is 0 Å². The molecule has 0 fully saturated rings. The van der Waals surface area contributed by atoms with Crippen LogP contribution in [0.2, 0.25) is 0 Å². The van der Waals surface area contributed by atoms with E-state index in [2.05, 4.69) is 4.99 Å². The Labute approximate surface area is 90.7 Å².